The summed E-state index contributed by atoms with van der Waals surface area (Å²) < 4.78 is 9.98. The molecule has 0 bridgehead atoms. The molecule has 0 aromatic heterocycles. The summed E-state index contributed by atoms with van der Waals surface area (Å²) in [6, 6.07) is 0. The molecule has 2 aliphatic heterocycles. The summed E-state index contributed by atoms with van der Waals surface area (Å²) in [5.41, 5.74) is -0.889. The summed E-state index contributed by atoms with van der Waals surface area (Å²) in [5.74, 6) is 6.34. The monoisotopic (exact) mass is 436 g/mol. The SMILES string of the molecule is C1=NCCO1.CCCCCCCCCCCCCCCC#CC1=NC(CO)(CO)CO1. The first kappa shape index (κ1) is 27.5. The molecule has 178 valence electrons. The lowest BCUT2D eigenvalue weighted by atomic mass is 10.0. The average Bonchev–Trinajstić information content (AvgIpc) is 3.50. The van der Waals surface area contributed by atoms with Crippen molar-refractivity contribution in [1.29, 1.82) is 0 Å². The first-order valence-corrected chi connectivity index (χ1v) is 12.3. The van der Waals surface area contributed by atoms with E-state index >= 15 is 0 Å². The second kappa shape index (κ2) is 19.1. The van der Waals surface area contributed by atoms with E-state index in [-0.39, 0.29) is 19.8 Å². The highest BCUT2D eigenvalue weighted by Crippen LogP contribution is 2.17. The lowest BCUT2D eigenvalue weighted by Crippen LogP contribution is -2.37. The third-order valence-corrected chi connectivity index (χ3v) is 5.49. The minimum Gasteiger partial charge on any atom is -0.482 e. The number of hydrogen-bond donors (Lipinski definition) is 2. The maximum atomic E-state index is 9.24. The predicted octanol–water partition coefficient (Wildman–Crippen LogP) is 4.67. The largest absolute Gasteiger partial charge is 0.482 e. The van der Waals surface area contributed by atoms with Gasteiger partial charge in [-0.3, -0.25) is 4.99 Å². The second-order valence-corrected chi connectivity index (χ2v) is 8.42. The van der Waals surface area contributed by atoms with Gasteiger partial charge in [0.05, 0.1) is 19.8 Å². The summed E-state index contributed by atoms with van der Waals surface area (Å²) in [5, 5.41) is 18.5. The first-order chi connectivity index (χ1) is 15.3. The molecule has 6 heteroatoms. The summed E-state index contributed by atoms with van der Waals surface area (Å²) in [6.07, 6.45) is 19.9. The van der Waals surface area contributed by atoms with Gasteiger partial charge >= 0.3 is 0 Å². The fraction of sp³-hybridized carbons (Fsp3) is 0.840. The van der Waals surface area contributed by atoms with E-state index < -0.39 is 5.54 Å². The molecule has 2 rings (SSSR count). The molecule has 0 radical (unpaired) electrons. The van der Waals surface area contributed by atoms with Crippen molar-refractivity contribution in [3.8, 4) is 11.8 Å². The predicted molar refractivity (Wildman–Crippen MR) is 128 cm³/mol. The Balaban J connectivity index is 0.000000836. The minimum absolute atomic E-state index is 0.211. The molecule has 0 aromatic rings. The van der Waals surface area contributed by atoms with Gasteiger partial charge in [-0.1, -0.05) is 89.9 Å². The number of hydrogen-bond acceptors (Lipinski definition) is 6. The van der Waals surface area contributed by atoms with Gasteiger partial charge < -0.3 is 19.7 Å². The van der Waals surface area contributed by atoms with E-state index in [2.05, 4.69) is 33.5 Å². The van der Waals surface area contributed by atoms with E-state index in [1.54, 1.807) is 0 Å². The summed E-state index contributed by atoms with van der Waals surface area (Å²) in [6.45, 7) is 3.68. The molecule has 2 N–H and O–H groups in total. The van der Waals surface area contributed by atoms with E-state index in [9.17, 15) is 10.2 Å². The molecule has 6 nitrogen and oxygen atoms in total. The number of unbranched alkanes of at least 4 members (excludes halogenated alkanes) is 13. The van der Waals surface area contributed by atoms with Crippen molar-refractivity contribution in [1.82, 2.24) is 0 Å². The molecule has 0 aliphatic carbocycles. The van der Waals surface area contributed by atoms with E-state index in [0.29, 0.717) is 5.90 Å². The Kier molecular flexibility index (Phi) is 16.9. The lowest BCUT2D eigenvalue weighted by Gasteiger charge is -2.16. The van der Waals surface area contributed by atoms with Crippen LogP contribution in [-0.2, 0) is 9.47 Å². The third kappa shape index (κ3) is 14.2. The highest BCUT2D eigenvalue weighted by molar-refractivity contribution is 5.95. The van der Waals surface area contributed by atoms with Crippen LogP contribution in [0.5, 0.6) is 0 Å². The average molecular weight is 437 g/mol. The Morgan fingerprint density at radius 1 is 0.903 bits per heavy atom. The maximum Gasteiger partial charge on any atom is 0.264 e. The number of rotatable bonds is 15. The van der Waals surface area contributed by atoms with Crippen molar-refractivity contribution in [2.45, 2.75) is 102 Å². The van der Waals surface area contributed by atoms with Gasteiger partial charge in [-0.15, -0.1) is 0 Å². The van der Waals surface area contributed by atoms with Crippen LogP contribution in [0.15, 0.2) is 9.98 Å². The minimum atomic E-state index is -0.889. The van der Waals surface area contributed by atoms with Crippen LogP contribution in [-0.4, -0.2) is 61.0 Å². The molecule has 2 aliphatic rings. The van der Waals surface area contributed by atoms with Crippen molar-refractivity contribution in [3.05, 3.63) is 0 Å². The van der Waals surface area contributed by atoms with Gasteiger partial charge in [0, 0.05) is 6.42 Å². The molecule has 0 fully saturated rings. The van der Waals surface area contributed by atoms with Crippen LogP contribution in [0.4, 0.5) is 0 Å². The normalized spacial score (nSPS) is 15.9. The molecule has 0 saturated heterocycles. The summed E-state index contributed by atoms with van der Waals surface area (Å²) in [7, 11) is 0. The smallest absolute Gasteiger partial charge is 0.264 e. The van der Waals surface area contributed by atoms with Gasteiger partial charge in [-0.25, -0.2) is 4.99 Å². The van der Waals surface area contributed by atoms with Crippen LogP contribution in [0, 0.1) is 11.8 Å². The zero-order valence-electron chi connectivity index (χ0n) is 19.6. The number of nitrogens with zero attached hydrogens (tertiary/aromatic N) is 2. The van der Waals surface area contributed by atoms with E-state index in [1.165, 1.54) is 83.5 Å². The van der Waals surface area contributed by atoms with Crippen LogP contribution in [0.1, 0.15) is 96.8 Å². The van der Waals surface area contributed by atoms with Crippen LogP contribution in [0.25, 0.3) is 0 Å². The highest BCUT2D eigenvalue weighted by Gasteiger charge is 2.35. The molecule has 0 amide bonds. The number of aliphatic hydroxyl groups is 2. The zero-order valence-corrected chi connectivity index (χ0v) is 19.6. The van der Waals surface area contributed by atoms with Crippen LogP contribution in [0.2, 0.25) is 0 Å². The fourth-order valence-corrected chi connectivity index (χ4v) is 3.39. The fourth-order valence-electron chi connectivity index (χ4n) is 3.39. The van der Waals surface area contributed by atoms with Gasteiger partial charge in [0.1, 0.15) is 18.8 Å². The number of aliphatic imine (C=N–C) groups is 2. The standard InChI is InChI=1S/C22H39NO3.C3H5NO/c1-2-3-4-5-6-7-8-9-10-11-12-13-14-15-16-17-21-23-22(18-24,19-25)20-26-21;1-2-5-3-4-1/h24-25H,2-15,18-20H2,1H3;3H,1-2H2. The molecule has 0 saturated carbocycles. The van der Waals surface area contributed by atoms with Crippen molar-refractivity contribution in [3.63, 3.8) is 0 Å². The topological polar surface area (TPSA) is 83.6 Å². The molecule has 2 heterocycles. The van der Waals surface area contributed by atoms with Gasteiger partial charge in [0.25, 0.3) is 5.90 Å². The molecular formula is C25H44N2O4. The highest BCUT2D eigenvalue weighted by atomic mass is 16.5. The molecular weight excluding hydrogens is 392 g/mol. The number of aliphatic hydroxyl groups excluding tert-OH is 2. The van der Waals surface area contributed by atoms with Crippen LogP contribution >= 0.6 is 0 Å². The van der Waals surface area contributed by atoms with Crippen molar-refractivity contribution in [2.75, 3.05) is 33.0 Å². The van der Waals surface area contributed by atoms with Gasteiger partial charge in [-0.2, -0.15) is 0 Å². The molecule has 0 atom stereocenters. The maximum absolute atomic E-state index is 9.24. The van der Waals surface area contributed by atoms with Gasteiger partial charge in [-0.05, 0) is 12.3 Å². The van der Waals surface area contributed by atoms with Gasteiger partial charge in [0.2, 0.25) is 0 Å². The van der Waals surface area contributed by atoms with Gasteiger partial charge in [0.15, 0.2) is 6.40 Å². The zero-order chi connectivity index (χ0) is 22.5. The van der Waals surface area contributed by atoms with Crippen molar-refractivity contribution < 1.29 is 19.7 Å². The van der Waals surface area contributed by atoms with E-state index in [0.717, 1.165) is 26.0 Å². The molecule has 0 aromatic carbocycles. The number of ether oxygens (including phenoxy) is 2. The second-order valence-electron chi connectivity index (χ2n) is 8.42. The van der Waals surface area contributed by atoms with Crippen molar-refractivity contribution >= 4 is 12.3 Å². The molecule has 0 unspecified atom stereocenters. The van der Waals surface area contributed by atoms with E-state index in [4.69, 9.17) is 4.74 Å². The Hall–Kier alpha value is -1.58. The Bertz CT molecular complexity index is 541. The lowest BCUT2D eigenvalue weighted by molar-refractivity contribution is 0.0978. The summed E-state index contributed by atoms with van der Waals surface area (Å²) >= 11 is 0. The Morgan fingerprint density at radius 3 is 1.90 bits per heavy atom. The van der Waals surface area contributed by atoms with Crippen LogP contribution < -0.4 is 0 Å². The quantitative estimate of drug-likeness (QED) is 0.289. The van der Waals surface area contributed by atoms with Crippen LogP contribution in [0.3, 0.4) is 0 Å². The van der Waals surface area contributed by atoms with E-state index in [1.807, 2.05) is 0 Å². The Labute approximate surface area is 189 Å². The Morgan fingerprint density at radius 2 is 1.48 bits per heavy atom. The van der Waals surface area contributed by atoms with Crippen molar-refractivity contribution in [2.24, 2.45) is 9.98 Å². The summed E-state index contributed by atoms with van der Waals surface area (Å²) in [4.78, 5) is 7.92. The third-order valence-electron chi connectivity index (χ3n) is 5.49. The first-order valence-electron chi connectivity index (χ1n) is 12.3. The molecule has 31 heavy (non-hydrogen) atoms. The molecule has 0 spiro atoms.